The number of alkyl halides is 2. The quantitative estimate of drug-likeness (QED) is 0.737. The standard InChI is InChI=1S/C11H15F2N3/c1-8-5-10(7-14-15-8)16-4-3-11(12,13)6-9(16)2/h5,7,9H,3-4,6H2,1-2H3. The number of piperidine rings is 1. The average Bonchev–Trinajstić information content (AvgIpc) is 2.15. The molecule has 16 heavy (non-hydrogen) atoms. The van der Waals surface area contributed by atoms with Gasteiger partial charge in [0.25, 0.3) is 5.92 Å². The number of halogens is 2. The second-order valence-electron chi connectivity index (χ2n) is 4.41. The number of aryl methyl sites for hydroxylation is 1. The predicted octanol–water partition coefficient (Wildman–Crippen LogP) is 2.41. The summed E-state index contributed by atoms with van der Waals surface area (Å²) in [5.74, 6) is -2.52. The molecule has 1 aromatic heterocycles. The second-order valence-corrected chi connectivity index (χ2v) is 4.41. The molecule has 0 amide bonds. The van der Waals surface area contributed by atoms with E-state index < -0.39 is 5.92 Å². The highest BCUT2D eigenvalue weighted by Gasteiger charge is 2.38. The van der Waals surface area contributed by atoms with E-state index in [0.29, 0.717) is 6.54 Å². The fraction of sp³-hybridized carbons (Fsp3) is 0.636. The van der Waals surface area contributed by atoms with Crippen molar-refractivity contribution in [2.75, 3.05) is 11.4 Å². The van der Waals surface area contributed by atoms with Crippen LogP contribution in [0.15, 0.2) is 12.3 Å². The minimum Gasteiger partial charge on any atom is -0.367 e. The van der Waals surface area contributed by atoms with Crippen molar-refractivity contribution in [1.82, 2.24) is 10.2 Å². The normalized spacial score (nSPS) is 24.5. The monoisotopic (exact) mass is 227 g/mol. The summed E-state index contributed by atoms with van der Waals surface area (Å²) in [6.45, 7) is 4.04. The Balaban J connectivity index is 2.17. The van der Waals surface area contributed by atoms with E-state index in [9.17, 15) is 8.78 Å². The topological polar surface area (TPSA) is 29.0 Å². The Morgan fingerprint density at radius 3 is 2.88 bits per heavy atom. The number of hydrogen-bond acceptors (Lipinski definition) is 3. The van der Waals surface area contributed by atoms with Crippen LogP contribution in [0.25, 0.3) is 0 Å². The van der Waals surface area contributed by atoms with Gasteiger partial charge >= 0.3 is 0 Å². The molecule has 1 saturated heterocycles. The first kappa shape index (κ1) is 11.2. The molecule has 0 aliphatic carbocycles. The van der Waals surface area contributed by atoms with Crippen molar-refractivity contribution in [1.29, 1.82) is 0 Å². The van der Waals surface area contributed by atoms with E-state index >= 15 is 0 Å². The van der Waals surface area contributed by atoms with E-state index in [4.69, 9.17) is 0 Å². The summed E-state index contributed by atoms with van der Waals surface area (Å²) in [4.78, 5) is 1.97. The maximum absolute atomic E-state index is 13.2. The van der Waals surface area contributed by atoms with Crippen LogP contribution in [-0.2, 0) is 0 Å². The number of aromatic nitrogens is 2. The molecule has 0 saturated carbocycles. The third kappa shape index (κ3) is 2.28. The molecule has 3 nitrogen and oxygen atoms in total. The fourth-order valence-corrected chi connectivity index (χ4v) is 2.15. The lowest BCUT2D eigenvalue weighted by atomic mass is 9.99. The van der Waals surface area contributed by atoms with Gasteiger partial charge in [-0.25, -0.2) is 8.78 Å². The maximum atomic E-state index is 13.2. The van der Waals surface area contributed by atoms with Gasteiger partial charge in [-0.1, -0.05) is 0 Å². The Labute approximate surface area is 93.5 Å². The summed E-state index contributed by atoms with van der Waals surface area (Å²) in [5, 5.41) is 7.71. The zero-order valence-corrected chi connectivity index (χ0v) is 9.45. The maximum Gasteiger partial charge on any atom is 0.251 e. The smallest absolute Gasteiger partial charge is 0.251 e. The van der Waals surface area contributed by atoms with Gasteiger partial charge in [-0.3, -0.25) is 0 Å². The van der Waals surface area contributed by atoms with Crippen LogP contribution in [0.5, 0.6) is 0 Å². The lowest BCUT2D eigenvalue weighted by Crippen LogP contribution is -2.45. The van der Waals surface area contributed by atoms with Crippen LogP contribution >= 0.6 is 0 Å². The molecule has 2 rings (SSSR count). The SMILES string of the molecule is Cc1cc(N2CCC(F)(F)CC2C)cnn1. The summed E-state index contributed by atoms with van der Waals surface area (Å²) in [6, 6.07) is 1.72. The fourth-order valence-electron chi connectivity index (χ4n) is 2.15. The molecule has 1 atom stereocenters. The molecule has 1 aliphatic rings. The van der Waals surface area contributed by atoms with Crippen molar-refractivity contribution in [3.63, 3.8) is 0 Å². The van der Waals surface area contributed by atoms with E-state index in [1.807, 2.05) is 24.8 Å². The van der Waals surface area contributed by atoms with Crippen LogP contribution < -0.4 is 4.90 Å². The van der Waals surface area contributed by atoms with Crippen LogP contribution in [0, 0.1) is 6.92 Å². The highest BCUT2D eigenvalue weighted by atomic mass is 19.3. The lowest BCUT2D eigenvalue weighted by Gasteiger charge is -2.38. The molecule has 1 unspecified atom stereocenters. The Morgan fingerprint density at radius 2 is 2.25 bits per heavy atom. The Morgan fingerprint density at radius 1 is 1.50 bits per heavy atom. The summed E-state index contributed by atoms with van der Waals surface area (Å²) in [6.07, 6.45) is 1.46. The molecule has 0 N–H and O–H groups in total. The molecule has 88 valence electrons. The average molecular weight is 227 g/mol. The van der Waals surface area contributed by atoms with Gasteiger partial charge < -0.3 is 4.90 Å². The minimum atomic E-state index is -2.52. The highest BCUT2D eigenvalue weighted by molar-refractivity contribution is 5.46. The number of rotatable bonds is 1. The first-order chi connectivity index (χ1) is 7.48. The van der Waals surface area contributed by atoms with Crippen molar-refractivity contribution < 1.29 is 8.78 Å². The summed E-state index contributed by atoms with van der Waals surface area (Å²) in [5.41, 5.74) is 1.69. The lowest BCUT2D eigenvalue weighted by molar-refractivity contribution is -0.0318. The molecule has 0 radical (unpaired) electrons. The van der Waals surface area contributed by atoms with Gasteiger partial charge in [-0.15, -0.1) is 0 Å². The molecule has 0 bridgehead atoms. The molecule has 1 aromatic rings. The zero-order valence-electron chi connectivity index (χ0n) is 9.45. The van der Waals surface area contributed by atoms with Crippen molar-refractivity contribution in [2.24, 2.45) is 0 Å². The predicted molar refractivity (Wildman–Crippen MR) is 57.8 cm³/mol. The summed E-state index contributed by atoms with van der Waals surface area (Å²) >= 11 is 0. The van der Waals surface area contributed by atoms with Crippen LogP contribution in [0.2, 0.25) is 0 Å². The van der Waals surface area contributed by atoms with Crippen molar-refractivity contribution >= 4 is 5.69 Å². The van der Waals surface area contributed by atoms with E-state index in [1.165, 1.54) is 0 Å². The molecule has 1 aliphatic heterocycles. The van der Waals surface area contributed by atoms with Gasteiger partial charge in [0, 0.05) is 25.4 Å². The third-order valence-electron chi connectivity index (χ3n) is 2.94. The Kier molecular flexibility index (Phi) is 2.78. The third-order valence-corrected chi connectivity index (χ3v) is 2.94. The van der Waals surface area contributed by atoms with Gasteiger partial charge in [-0.05, 0) is 19.9 Å². The van der Waals surface area contributed by atoms with Crippen LogP contribution in [0.3, 0.4) is 0 Å². The highest BCUT2D eigenvalue weighted by Crippen LogP contribution is 2.34. The molecule has 0 spiro atoms. The van der Waals surface area contributed by atoms with E-state index in [2.05, 4.69) is 10.2 Å². The van der Waals surface area contributed by atoms with Crippen LogP contribution in [0.1, 0.15) is 25.5 Å². The molecule has 5 heteroatoms. The van der Waals surface area contributed by atoms with E-state index in [1.54, 1.807) is 6.20 Å². The Bertz CT molecular complexity index is 381. The molecule has 1 fully saturated rings. The van der Waals surface area contributed by atoms with Gasteiger partial charge in [0.05, 0.1) is 17.6 Å². The first-order valence-electron chi connectivity index (χ1n) is 5.42. The van der Waals surface area contributed by atoms with Gasteiger partial charge in [-0.2, -0.15) is 10.2 Å². The summed E-state index contributed by atoms with van der Waals surface area (Å²) < 4.78 is 26.3. The van der Waals surface area contributed by atoms with Crippen molar-refractivity contribution in [3.8, 4) is 0 Å². The molecule has 2 heterocycles. The number of anilines is 1. The Hall–Kier alpha value is -1.26. The largest absolute Gasteiger partial charge is 0.367 e. The van der Waals surface area contributed by atoms with Crippen LogP contribution in [0.4, 0.5) is 14.5 Å². The van der Waals surface area contributed by atoms with Gasteiger partial charge in [0.15, 0.2) is 0 Å². The van der Waals surface area contributed by atoms with Crippen LogP contribution in [-0.4, -0.2) is 28.7 Å². The zero-order chi connectivity index (χ0) is 11.8. The molecular formula is C11H15F2N3. The molecule has 0 aromatic carbocycles. The number of hydrogen-bond donors (Lipinski definition) is 0. The number of nitrogens with zero attached hydrogens (tertiary/aromatic N) is 3. The summed E-state index contributed by atoms with van der Waals surface area (Å²) in [7, 11) is 0. The van der Waals surface area contributed by atoms with E-state index in [0.717, 1.165) is 11.4 Å². The van der Waals surface area contributed by atoms with Gasteiger partial charge in [0.1, 0.15) is 0 Å². The second kappa shape index (κ2) is 3.96. The van der Waals surface area contributed by atoms with Crippen molar-refractivity contribution in [3.05, 3.63) is 18.0 Å². The molecular weight excluding hydrogens is 212 g/mol. The first-order valence-corrected chi connectivity index (χ1v) is 5.42. The van der Waals surface area contributed by atoms with E-state index in [-0.39, 0.29) is 18.9 Å². The van der Waals surface area contributed by atoms with Gasteiger partial charge in [0.2, 0.25) is 0 Å². The minimum absolute atomic E-state index is 0.0846. The van der Waals surface area contributed by atoms with Crippen molar-refractivity contribution in [2.45, 2.75) is 38.7 Å².